The second kappa shape index (κ2) is 5.27. The molecule has 0 aliphatic heterocycles. The van der Waals surface area contributed by atoms with Gasteiger partial charge in [-0.3, -0.25) is 4.98 Å². The van der Waals surface area contributed by atoms with Gasteiger partial charge >= 0.3 is 0 Å². The number of nitrogens with one attached hydrogen (secondary N) is 1. The van der Waals surface area contributed by atoms with Crippen molar-refractivity contribution in [1.29, 1.82) is 0 Å². The van der Waals surface area contributed by atoms with Crippen LogP contribution in [0.1, 0.15) is 31.1 Å². The highest BCUT2D eigenvalue weighted by Gasteiger charge is 2.10. The molecule has 5 nitrogen and oxygen atoms in total. The molecule has 0 atom stereocenters. The van der Waals surface area contributed by atoms with Crippen LogP contribution in [0.5, 0.6) is 0 Å². The van der Waals surface area contributed by atoms with E-state index in [0.717, 1.165) is 29.4 Å². The Kier molecular flexibility index (Phi) is 3.72. The summed E-state index contributed by atoms with van der Waals surface area (Å²) in [4.78, 5) is 8.52. The van der Waals surface area contributed by atoms with Crippen LogP contribution in [-0.4, -0.2) is 25.8 Å². The maximum Gasteiger partial charge on any atom is 0.148 e. The van der Waals surface area contributed by atoms with Crippen molar-refractivity contribution in [2.75, 3.05) is 0 Å². The van der Waals surface area contributed by atoms with Gasteiger partial charge in [0.25, 0.3) is 0 Å². The number of aromatic nitrogens is 4. The molecule has 0 aliphatic carbocycles. The second-order valence-electron chi connectivity index (χ2n) is 4.66. The van der Waals surface area contributed by atoms with Crippen molar-refractivity contribution in [1.82, 2.24) is 25.1 Å². The Bertz CT molecular complexity index is 530. The van der Waals surface area contributed by atoms with E-state index >= 15 is 0 Å². The van der Waals surface area contributed by atoms with Crippen molar-refractivity contribution < 1.29 is 0 Å². The quantitative estimate of drug-likeness (QED) is 0.892. The van der Waals surface area contributed by atoms with Gasteiger partial charge in [-0.15, -0.1) is 0 Å². The molecule has 0 bridgehead atoms. The van der Waals surface area contributed by atoms with Crippen LogP contribution in [0, 0.1) is 13.8 Å². The topological polar surface area (TPSA) is 55.6 Å². The molecule has 2 heterocycles. The molecule has 18 heavy (non-hydrogen) atoms. The summed E-state index contributed by atoms with van der Waals surface area (Å²) in [6.45, 7) is 8.89. The van der Waals surface area contributed by atoms with Gasteiger partial charge in [-0.1, -0.05) is 13.8 Å². The Morgan fingerprint density at radius 2 is 2.11 bits per heavy atom. The highest BCUT2D eigenvalue weighted by molar-refractivity contribution is 5.38. The van der Waals surface area contributed by atoms with Crippen LogP contribution >= 0.6 is 0 Å². The fraction of sp³-hybridized carbons (Fsp3) is 0.462. The number of aryl methyl sites for hydroxylation is 2. The zero-order valence-corrected chi connectivity index (χ0v) is 11.3. The molecule has 2 aromatic heterocycles. The minimum Gasteiger partial charge on any atom is -0.310 e. The highest BCUT2D eigenvalue weighted by Crippen LogP contribution is 2.14. The third-order valence-corrected chi connectivity index (χ3v) is 2.68. The molecule has 0 saturated carbocycles. The highest BCUT2D eigenvalue weighted by atomic mass is 15.3. The van der Waals surface area contributed by atoms with Crippen molar-refractivity contribution in [3.05, 3.63) is 35.7 Å². The largest absolute Gasteiger partial charge is 0.310 e. The Balaban J connectivity index is 2.35. The zero-order chi connectivity index (χ0) is 13.1. The molecule has 2 rings (SSSR count). The lowest BCUT2D eigenvalue weighted by atomic mass is 10.2. The molecule has 1 N–H and O–H groups in total. The van der Waals surface area contributed by atoms with Crippen LogP contribution in [0.3, 0.4) is 0 Å². The summed E-state index contributed by atoms with van der Waals surface area (Å²) in [5.74, 6) is 1.68. The van der Waals surface area contributed by atoms with Gasteiger partial charge in [-0.2, -0.15) is 5.10 Å². The van der Waals surface area contributed by atoms with Crippen LogP contribution in [0.2, 0.25) is 0 Å². The first kappa shape index (κ1) is 12.7. The first-order valence-electron chi connectivity index (χ1n) is 6.15. The number of nitrogens with zero attached hydrogens (tertiary/aromatic N) is 4. The van der Waals surface area contributed by atoms with Crippen LogP contribution < -0.4 is 5.32 Å². The predicted octanol–water partition coefficient (Wildman–Crippen LogP) is 1.78. The Morgan fingerprint density at radius 3 is 2.72 bits per heavy atom. The van der Waals surface area contributed by atoms with Crippen molar-refractivity contribution >= 4 is 0 Å². The summed E-state index contributed by atoms with van der Waals surface area (Å²) in [5, 5.41) is 7.81. The van der Waals surface area contributed by atoms with E-state index in [4.69, 9.17) is 0 Å². The van der Waals surface area contributed by atoms with E-state index in [1.54, 1.807) is 6.20 Å². The second-order valence-corrected chi connectivity index (χ2v) is 4.66. The zero-order valence-electron chi connectivity index (χ0n) is 11.3. The number of hydrogen-bond acceptors (Lipinski definition) is 4. The van der Waals surface area contributed by atoms with Crippen LogP contribution in [0.15, 0.2) is 18.5 Å². The summed E-state index contributed by atoms with van der Waals surface area (Å²) < 4.78 is 1.87. The van der Waals surface area contributed by atoms with Gasteiger partial charge in [0.2, 0.25) is 0 Å². The monoisotopic (exact) mass is 245 g/mol. The van der Waals surface area contributed by atoms with Crippen LogP contribution in [-0.2, 0) is 6.54 Å². The first-order valence-corrected chi connectivity index (χ1v) is 6.15. The van der Waals surface area contributed by atoms with Gasteiger partial charge in [0.1, 0.15) is 11.6 Å². The molecule has 0 saturated heterocycles. The molecule has 5 heteroatoms. The number of rotatable bonds is 4. The van der Waals surface area contributed by atoms with E-state index in [1.807, 2.05) is 30.8 Å². The van der Waals surface area contributed by atoms with Crippen molar-refractivity contribution in [3.63, 3.8) is 0 Å². The standard InChI is InChI=1S/C13H19N5/c1-9(2)15-8-12-7-14-6-5-13(12)18-11(4)16-10(3)17-18/h5-7,9,15H,8H2,1-4H3. The Labute approximate surface area is 107 Å². The summed E-state index contributed by atoms with van der Waals surface area (Å²) in [6.07, 6.45) is 3.66. The smallest absolute Gasteiger partial charge is 0.148 e. The number of pyridine rings is 1. The van der Waals surface area contributed by atoms with Crippen LogP contribution in [0.4, 0.5) is 0 Å². The van der Waals surface area contributed by atoms with E-state index in [2.05, 4.69) is 34.2 Å². The molecule has 0 aliphatic rings. The molecular formula is C13H19N5. The summed E-state index contributed by atoms with van der Waals surface area (Å²) in [5.41, 5.74) is 2.16. The third-order valence-electron chi connectivity index (χ3n) is 2.68. The summed E-state index contributed by atoms with van der Waals surface area (Å²) in [6, 6.07) is 2.41. The summed E-state index contributed by atoms with van der Waals surface area (Å²) >= 11 is 0. The lowest BCUT2D eigenvalue weighted by Gasteiger charge is -2.12. The fourth-order valence-corrected chi connectivity index (χ4v) is 1.83. The number of hydrogen-bond donors (Lipinski definition) is 1. The minimum absolute atomic E-state index is 0.441. The normalized spacial score (nSPS) is 11.2. The van der Waals surface area contributed by atoms with Gasteiger partial charge in [-0.05, 0) is 19.9 Å². The van der Waals surface area contributed by atoms with E-state index in [9.17, 15) is 0 Å². The van der Waals surface area contributed by atoms with E-state index in [-0.39, 0.29) is 0 Å². The van der Waals surface area contributed by atoms with Gasteiger partial charge in [-0.25, -0.2) is 9.67 Å². The molecule has 2 aromatic rings. The van der Waals surface area contributed by atoms with Crippen molar-refractivity contribution in [2.45, 2.75) is 40.3 Å². The van der Waals surface area contributed by atoms with Gasteiger partial charge in [0, 0.05) is 30.5 Å². The molecule has 0 radical (unpaired) electrons. The Morgan fingerprint density at radius 1 is 1.33 bits per heavy atom. The molecule has 0 spiro atoms. The average Bonchev–Trinajstić information content (AvgIpc) is 2.66. The van der Waals surface area contributed by atoms with Gasteiger partial charge in [0.05, 0.1) is 5.69 Å². The van der Waals surface area contributed by atoms with Gasteiger partial charge < -0.3 is 5.32 Å². The molecule has 0 aromatic carbocycles. The first-order chi connectivity index (χ1) is 8.58. The predicted molar refractivity (Wildman–Crippen MR) is 70.6 cm³/mol. The van der Waals surface area contributed by atoms with E-state index in [0.29, 0.717) is 6.04 Å². The molecule has 0 fully saturated rings. The minimum atomic E-state index is 0.441. The Hall–Kier alpha value is -1.75. The van der Waals surface area contributed by atoms with Gasteiger partial charge in [0.15, 0.2) is 0 Å². The maximum absolute atomic E-state index is 4.42. The van der Waals surface area contributed by atoms with E-state index in [1.165, 1.54) is 0 Å². The van der Waals surface area contributed by atoms with Crippen LogP contribution in [0.25, 0.3) is 5.69 Å². The molecule has 0 amide bonds. The van der Waals surface area contributed by atoms with Crippen molar-refractivity contribution in [2.24, 2.45) is 0 Å². The van der Waals surface area contributed by atoms with Crippen molar-refractivity contribution in [3.8, 4) is 5.69 Å². The molecule has 0 unspecified atom stereocenters. The average molecular weight is 245 g/mol. The van der Waals surface area contributed by atoms with E-state index < -0.39 is 0 Å². The summed E-state index contributed by atoms with van der Waals surface area (Å²) in [7, 11) is 0. The SMILES string of the molecule is Cc1nc(C)n(-c2ccncc2CNC(C)C)n1. The fourth-order valence-electron chi connectivity index (χ4n) is 1.83. The maximum atomic E-state index is 4.42. The third kappa shape index (κ3) is 2.73. The lowest BCUT2D eigenvalue weighted by molar-refractivity contribution is 0.585. The lowest BCUT2D eigenvalue weighted by Crippen LogP contribution is -2.23. The molecule has 96 valence electrons. The molecular weight excluding hydrogens is 226 g/mol.